The zero-order valence-corrected chi connectivity index (χ0v) is 17.4. The second-order valence-electron chi connectivity index (χ2n) is 6.15. The molecule has 0 unspecified atom stereocenters. The van der Waals surface area contributed by atoms with Gasteiger partial charge in [-0.1, -0.05) is 54.2 Å². The highest BCUT2D eigenvalue weighted by Crippen LogP contribution is 2.39. The van der Waals surface area contributed by atoms with Crippen LogP contribution in [0, 0.1) is 0 Å². The summed E-state index contributed by atoms with van der Waals surface area (Å²) in [5, 5.41) is 6.30. The van der Waals surface area contributed by atoms with Crippen LogP contribution >= 0.6 is 23.1 Å². The lowest BCUT2D eigenvalue weighted by atomic mass is 10.1. The van der Waals surface area contributed by atoms with E-state index in [9.17, 15) is 4.79 Å². The van der Waals surface area contributed by atoms with E-state index in [1.165, 1.54) is 11.8 Å². The van der Waals surface area contributed by atoms with Crippen molar-refractivity contribution in [1.29, 1.82) is 0 Å². The van der Waals surface area contributed by atoms with Crippen molar-refractivity contribution < 1.29 is 9.53 Å². The van der Waals surface area contributed by atoms with Crippen molar-refractivity contribution in [3.8, 4) is 5.75 Å². The van der Waals surface area contributed by atoms with Crippen LogP contribution in [-0.4, -0.2) is 22.5 Å². The molecule has 2 aromatic carbocycles. The van der Waals surface area contributed by atoms with Crippen LogP contribution in [0.25, 0.3) is 10.2 Å². The van der Waals surface area contributed by atoms with Gasteiger partial charge in [-0.2, -0.15) is 0 Å². The first-order chi connectivity index (χ1) is 14.3. The number of rotatable bonds is 7. The number of para-hydroxylation sites is 2. The van der Waals surface area contributed by atoms with E-state index in [4.69, 9.17) is 4.74 Å². The molecule has 0 saturated heterocycles. The Bertz CT molecular complexity index is 1120. The summed E-state index contributed by atoms with van der Waals surface area (Å²) in [4.78, 5) is 23.0. The van der Waals surface area contributed by atoms with Gasteiger partial charge >= 0.3 is 0 Å². The minimum absolute atomic E-state index is 0.129. The molecule has 0 aliphatic rings. The maximum Gasteiger partial charge on any atom is 0.242 e. The summed E-state index contributed by atoms with van der Waals surface area (Å²) in [6.07, 6.45) is 1.55. The number of carbonyl (C=O) groups is 1. The minimum atomic E-state index is -0.469. The van der Waals surface area contributed by atoms with Crippen molar-refractivity contribution in [3.05, 3.63) is 77.9 Å². The fraction of sp³-hybridized carbons (Fsp3) is 0.136. The summed E-state index contributed by atoms with van der Waals surface area (Å²) in [6.45, 7) is 2.45. The highest BCUT2D eigenvalue weighted by Gasteiger charge is 2.25. The number of anilines is 1. The van der Waals surface area contributed by atoms with Gasteiger partial charge in [-0.05, 0) is 36.1 Å². The molecule has 0 bridgehead atoms. The number of nitrogens with zero attached hydrogens (tertiary/aromatic N) is 2. The first-order valence-corrected chi connectivity index (χ1v) is 10.9. The van der Waals surface area contributed by atoms with Crippen molar-refractivity contribution in [2.24, 2.45) is 0 Å². The summed E-state index contributed by atoms with van der Waals surface area (Å²) >= 11 is 2.99. The monoisotopic (exact) mass is 421 g/mol. The number of thiophene rings is 1. The van der Waals surface area contributed by atoms with Gasteiger partial charge in [0.2, 0.25) is 5.91 Å². The van der Waals surface area contributed by atoms with Crippen molar-refractivity contribution >= 4 is 44.9 Å². The number of carbonyl (C=O) groups excluding carboxylic acids is 1. The predicted molar refractivity (Wildman–Crippen MR) is 119 cm³/mol. The molecule has 0 spiro atoms. The molecule has 2 aromatic heterocycles. The molecular weight excluding hydrogens is 402 g/mol. The average Bonchev–Trinajstić information content (AvgIpc) is 3.24. The fourth-order valence-electron chi connectivity index (χ4n) is 2.92. The summed E-state index contributed by atoms with van der Waals surface area (Å²) in [5.41, 5.74) is 1.56. The van der Waals surface area contributed by atoms with Gasteiger partial charge in [-0.15, -0.1) is 11.3 Å². The Morgan fingerprint density at radius 2 is 1.90 bits per heavy atom. The Kier molecular flexibility index (Phi) is 6.07. The van der Waals surface area contributed by atoms with Crippen LogP contribution in [0.1, 0.15) is 17.7 Å². The number of ether oxygens (including phenoxy) is 1. The van der Waals surface area contributed by atoms with E-state index in [-0.39, 0.29) is 5.91 Å². The number of fused-ring (bicyclic) bond motifs is 1. The predicted octanol–water partition coefficient (Wildman–Crippen LogP) is 5.56. The van der Waals surface area contributed by atoms with Crippen LogP contribution in [0.3, 0.4) is 0 Å². The lowest BCUT2D eigenvalue weighted by Crippen LogP contribution is -2.19. The van der Waals surface area contributed by atoms with Crippen molar-refractivity contribution in [3.63, 3.8) is 0 Å². The molecule has 7 heteroatoms. The van der Waals surface area contributed by atoms with Crippen LogP contribution in [0.5, 0.6) is 5.75 Å². The Morgan fingerprint density at radius 3 is 2.72 bits per heavy atom. The largest absolute Gasteiger partial charge is 0.492 e. The van der Waals surface area contributed by atoms with Crippen LogP contribution in [0.4, 0.5) is 5.69 Å². The van der Waals surface area contributed by atoms with Gasteiger partial charge < -0.3 is 10.1 Å². The average molecular weight is 422 g/mol. The Hall–Kier alpha value is -2.90. The number of hydrogen-bond donors (Lipinski definition) is 1. The van der Waals surface area contributed by atoms with Gasteiger partial charge in [0.15, 0.2) is 0 Å². The van der Waals surface area contributed by atoms with Gasteiger partial charge in [-0.3, -0.25) is 4.79 Å². The lowest BCUT2D eigenvalue weighted by molar-refractivity contribution is -0.115. The summed E-state index contributed by atoms with van der Waals surface area (Å²) in [5.74, 6) is 0.526. The second kappa shape index (κ2) is 9.07. The number of hydrogen-bond acceptors (Lipinski definition) is 6. The molecule has 0 aliphatic carbocycles. The molecule has 1 atom stereocenters. The van der Waals surface area contributed by atoms with Crippen molar-refractivity contribution in [2.75, 3.05) is 11.9 Å². The molecule has 2 heterocycles. The number of nitrogens with one attached hydrogen (secondary N) is 1. The van der Waals surface area contributed by atoms with Gasteiger partial charge in [0.05, 0.1) is 12.3 Å². The molecule has 0 fully saturated rings. The Balaban J connectivity index is 1.66. The van der Waals surface area contributed by atoms with E-state index in [0.717, 1.165) is 20.8 Å². The van der Waals surface area contributed by atoms with E-state index in [1.807, 2.05) is 73.0 Å². The summed E-state index contributed by atoms with van der Waals surface area (Å²) in [7, 11) is 0. The molecule has 1 amide bonds. The third-order valence-corrected chi connectivity index (χ3v) is 6.33. The van der Waals surface area contributed by atoms with E-state index in [1.54, 1.807) is 17.7 Å². The zero-order valence-electron chi connectivity index (χ0n) is 15.7. The molecule has 1 N–H and O–H groups in total. The van der Waals surface area contributed by atoms with Gasteiger partial charge in [0.1, 0.15) is 27.2 Å². The van der Waals surface area contributed by atoms with Gasteiger partial charge in [0.25, 0.3) is 0 Å². The number of benzene rings is 2. The maximum atomic E-state index is 13.3. The van der Waals surface area contributed by atoms with E-state index in [0.29, 0.717) is 18.0 Å². The smallest absolute Gasteiger partial charge is 0.242 e. The second-order valence-corrected chi connectivity index (χ2v) is 8.13. The third kappa shape index (κ3) is 4.41. The molecule has 0 aliphatic heterocycles. The fourth-order valence-corrected chi connectivity index (χ4v) is 4.80. The molecular formula is C22H19N3O2S2. The number of thioether (sulfide) groups is 1. The topological polar surface area (TPSA) is 64.1 Å². The molecule has 146 valence electrons. The molecule has 0 radical (unpaired) electrons. The van der Waals surface area contributed by atoms with E-state index < -0.39 is 5.25 Å². The Morgan fingerprint density at radius 1 is 1.10 bits per heavy atom. The van der Waals surface area contributed by atoms with Crippen molar-refractivity contribution in [2.45, 2.75) is 17.2 Å². The Labute approximate surface area is 177 Å². The molecule has 29 heavy (non-hydrogen) atoms. The SMILES string of the molecule is CCOc1ccccc1NC(=O)[C@@H](Sc1ncnc2sccc12)c1ccccc1. The van der Waals surface area contributed by atoms with Crippen molar-refractivity contribution in [1.82, 2.24) is 9.97 Å². The molecule has 4 rings (SSSR count). The molecule has 4 aromatic rings. The van der Waals surface area contributed by atoms with Crippen LogP contribution < -0.4 is 10.1 Å². The third-order valence-electron chi connectivity index (χ3n) is 4.24. The first kappa shape index (κ1) is 19.4. The van der Waals surface area contributed by atoms with E-state index >= 15 is 0 Å². The van der Waals surface area contributed by atoms with E-state index in [2.05, 4.69) is 15.3 Å². The first-order valence-electron chi connectivity index (χ1n) is 9.18. The molecule has 0 saturated carbocycles. The highest BCUT2D eigenvalue weighted by atomic mass is 32.2. The number of aromatic nitrogens is 2. The quantitative estimate of drug-likeness (QED) is 0.312. The van der Waals surface area contributed by atoms with Gasteiger partial charge in [-0.25, -0.2) is 9.97 Å². The zero-order chi connectivity index (χ0) is 20.1. The summed E-state index contributed by atoms with van der Waals surface area (Å²) in [6, 6.07) is 19.2. The molecule has 5 nitrogen and oxygen atoms in total. The van der Waals surface area contributed by atoms with Crippen LogP contribution in [0.2, 0.25) is 0 Å². The lowest BCUT2D eigenvalue weighted by Gasteiger charge is -2.18. The standard InChI is InChI=1S/C22H19N3O2S2/c1-2-27-18-11-7-6-10-17(18)25-20(26)19(15-8-4-3-5-9-15)29-22-16-12-13-28-21(16)23-14-24-22/h3-14,19H,2H2,1H3,(H,25,26)/t19-/m0/s1. The summed E-state index contributed by atoms with van der Waals surface area (Å²) < 4.78 is 5.65. The highest BCUT2D eigenvalue weighted by molar-refractivity contribution is 8.00. The maximum absolute atomic E-state index is 13.3. The minimum Gasteiger partial charge on any atom is -0.492 e. The van der Waals surface area contributed by atoms with Crippen LogP contribution in [-0.2, 0) is 4.79 Å². The number of amides is 1. The normalized spacial score (nSPS) is 11.9. The van der Waals surface area contributed by atoms with Gasteiger partial charge in [0, 0.05) is 5.39 Å². The van der Waals surface area contributed by atoms with Crippen LogP contribution in [0.15, 0.2) is 77.4 Å².